The number of rotatable bonds is 5. The number of aryl methyl sites for hydroxylation is 1. The smallest absolute Gasteiger partial charge is 0.368 e. The second kappa shape index (κ2) is 6.10. The molecule has 1 unspecified atom stereocenters. The molecule has 3 heterocycles. The van der Waals surface area contributed by atoms with Gasteiger partial charge in [-0.25, -0.2) is 4.98 Å². The molecular formula is C14H16F3N7. The lowest BCUT2D eigenvalue weighted by Gasteiger charge is -2.15. The van der Waals surface area contributed by atoms with Crippen LogP contribution in [0.5, 0.6) is 0 Å². The molecule has 128 valence electrons. The number of fused-ring (bicyclic) bond motifs is 1. The van der Waals surface area contributed by atoms with Gasteiger partial charge in [-0.2, -0.15) is 17.7 Å². The number of nitrogens with zero attached hydrogens (tertiary/aromatic N) is 6. The second-order valence-corrected chi connectivity index (χ2v) is 5.62. The number of hydrogen-bond acceptors (Lipinski definition) is 5. The van der Waals surface area contributed by atoms with Crippen molar-refractivity contribution in [2.75, 3.05) is 11.9 Å². The van der Waals surface area contributed by atoms with E-state index in [-0.39, 0.29) is 11.6 Å². The fourth-order valence-electron chi connectivity index (χ4n) is 2.34. The zero-order valence-electron chi connectivity index (χ0n) is 13.1. The van der Waals surface area contributed by atoms with Gasteiger partial charge in [0.05, 0.1) is 0 Å². The van der Waals surface area contributed by atoms with Crippen molar-refractivity contribution < 1.29 is 13.2 Å². The predicted octanol–water partition coefficient (Wildman–Crippen LogP) is 2.40. The summed E-state index contributed by atoms with van der Waals surface area (Å²) in [5.41, 5.74) is 0.0509. The van der Waals surface area contributed by atoms with Gasteiger partial charge in [0, 0.05) is 25.5 Å². The predicted molar refractivity (Wildman–Crippen MR) is 80.4 cm³/mol. The summed E-state index contributed by atoms with van der Waals surface area (Å²) in [5, 5.41) is 13.6. The van der Waals surface area contributed by atoms with Crippen molar-refractivity contribution in [1.29, 1.82) is 0 Å². The third-order valence-electron chi connectivity index (χ3n) is 3.58. The van der Waals surface area contributed by atoms with E-state index in [2.05, 4.69) is 25.6 Å². The molecule has 0 aliphatic carbocycles. The molecule has 0 saturated heterocycles. The molecule has 0 spiro atoms. The van der Waals surface area contributed by atoms with Gasteiger partial charge in [0.15, 0.2) is 5.65 Å². The van der Waals surface area contributed by atoms with Crippen molar-refractivity contribution in [2.45, 2.75) is 26.6 Å². The number of halogens is 3. The van der Waals surface area contributed by atoms with Crippen LogP contribution in [-0.2, 0) is 12.7 Å². The highest BCUT2D eigenvalue weighted by molar-refractivity contribution is 5.44. The first-order valence-corrected chi connectivity index (χ1v) is 7.36. The fourth-order valence-corrected chi connectivity index (χ4v) is 2.34. The Morgan fingerprint density at radius 1 is 1.25 bits per heavy atom. The van der Waals surface area contributed by atoms with Crippen LogP contribution < -0.4 is 5.32 Å². The van der Waals surface area contributed by atoms with Crippen LogP contribution in [0.2, 0.25) is 0 Å². The van der Waals surface area contributed by atoms with Gasteiger partial charge in [-0.05, 0) is 25.0 Å². The van der Waals surface area contributed by atoms with Crippen LogP contribution in [0.4, 0.5) is 19.0 Å². The van der Waals surface area contributed by atoms with Crippen LogP contribution in [0.15, 0.2) is 24.5 Å². The lowest BCUT2D eigenvalue weighted by Crippen LogP contribution is -2.19. The SMILES string of the molecule is Cc1nccn1CC(C)CNc1ccc2nnc(C(F)(F)F)n2n1. The average Bonchev–Trinajstić information content (AvgIpc) is 3.11. The molecule has 0 aromatic carbocycles. The second-order valence-electron chi connectivity index (χ2n) is 5.62. The van der Waals surface area contributed by atoms with Crippen molar-refractivity contribution in [3.63, 3.8) is 0 Å². The van der Waals surface area contributed by atoms with Crippen molar-refractivity contribution >= 4 is 11.5 Å². The summed E-state index contributed by atoms with van der Waals surface area (Å²) in [6, 6.07) is 3.03. The Morgan fingerprint density at radius 2 is 2.04 bits per heavy atom. The van der Waals surface area contributed by atoms with Gasteiger partial charge >= 0.3 is 6.18 Å². The van der Waals surface area contributed by atoms with E-state index in [0.717, 1.165) is 12.4 Å². The number of hydrogen-bond donors (Lipinski definition) is 1. The Bertz CT molecular complexity index is 836. The Kier molecular flexibility index (Phi) is 4.12. The van der Waals surface area contributed by atoms with Crippen LogP contribution in [0, 0.1) is 12.8 Å². The Labute approximate surface area is 135 Å². The average molecular weight is 339 g/mol. The highest BCUT2D eigenvalue weighted by Crippen LogP contribution is 2.27. The number of anilines is 1. The number of imidazole rings is 1. The molecule has 0 radical (unpaired) electrons. The Balaban J connectivity index is 1.70. The monoisotopic (exact) mass is 339 g/mol. The van der Waals surface area contributed by atoms with Gasteiger partial charge in [0.2, 0.25) is 0 Å². The molecule has 24 heavy (non-hydrogen) atoms. The fraction of sp³-hybridized carbons (Fsp3) is 0.429. The molecule has 0 saturated carbocycles. The zero-order chi connectivity index (χ0) is 17.3. The van der Waals surface area contributed by atoms with Crippen LogP contribution in [0.3, 0.4) is 0 Å². The van der Waals surface area contributed by atoms with Gasteiger partial charge < -0.3 is 9.88 Å². The first kappa shape index (κ1) is 16.2. The summed E-state index contributed by atoms with van der Waals surface area (Å²) in [7, 11) is 0. The molecule has 3 rings (SSSR count). The van der Waals surface area contributed by atoms with Crippen LogP contribution >= 0.6 is 0 Å². The molecule has 0 bridgehead atoms. The van der Waals surface area contributed by atoms with Gasteiger partial charge in [-0.15, -0.1) is 15.3 Å². The van der Waals surface area contributed by atoms with E-state index in [1.54, 1.807) is 12.3 Å². The standard InChI is InChI=1S/C14H16F3N7/c1-9(8-23-6-5-18-10(23)2)7-19-11-3-4-12-20-21-13(14(15,16)17)24(12)22-11/h3-6,9H,7-8H2,1-2H3,(H,19,22). The molecule has 0 aliphatic rings. The number of nitrogens with one attached hydrogen (secondary N) is 1. The van der Waals surface area contributed by atoms with Crippen molar-refractivity contribution in [1.82, 2.24) is 29.4 Å². The highest BCUT2D eigenvalue weighted by Gasteiger charge is 2.37. The topological polar surface area (TPSA) is 72.9 Å². The van der Waals surface area contributed by atoms with Crippen LogP contribution in [0.25, 0.3) is 5.65 Å². The first-order valence-electron chi connectivity index (χ1n) is 7.36. The zero-order valence-corrected chi connectivity index (χ0v) is 13.1. The van der Waals surface area contributed by atoms with E-state index in [1.807, 2.05) is 24.6 Å². The van der Waals surface area contributed by atoms with E-state index in [9.17, 15) is 13.2 Å². The molecule has 0 aliphatic heterocycles. The molecule has 7 nitrogen and oxygen atoms in total. The first-order chi connectivity index (χ1) is 11.3. The minimum absolute atomic E-state index is 0.0509. The third kappa shape index (κ3) is 3.31. The largest absolute Gasteiger partial charge is 0.453 e. The quantitative estimate of drug-likeness (QED) is 0.773. The van der Waals surface area contributed by atoms with E-state index >= 15 is 0 Å². The van der Waals surface area contributed by atoms with E-state index in [4.69, 9.17) is 0 Å². The summed E-state index contributed by atoms with van der Waals surface area (Å²) in [6.07, 6.45) is -0.976. The third-order valence-corrected chi connectivity index (χ3v) is 3.58. The molecule has 3 aromatic rings. The van der Waals surface area contributed by atoms with E-state index in [0.29, 0.717) is 16.9 Å². The minimum atomic E-state index is -4.60. The molecule has 10 heteroatoms. The number of alkyl halides is 3. The molecule has 0 fully saturated rings. The van der Waals surface area contributed by atoms with Gasteiger partial charge in [-0.3, -0.25) is 0 Å². The molecule has 1 atom stereocenters. The molecule has 0 amide bonds. The van der Waals surface area contributed by atoms with Gasteiger partial charge in [0.1, 0.15) is 11.6 Å². The lowest BCUT2D eigenvalue weighted by atomic mass is 10.2. The maximum atomic E-state index is 12.9. The summed E-state index contributed by atoms with van der Waals surface area (Å²) in [6.45, 7) is 5.26. The molecular weight excluding hydrogens is 323 g/mol. The molecule has 3 aromatic heterocycles. The van der Waals surface area contributed by atoms with E-state index < -0.39 is 12.0 Å². The van der Waals surface area contributed by atoms with E-state index in [1.165, 1.54) is 6.07 Å². The van der Waals surface area contributed by atoms with Gasteiger partial charge in [-0.1, -0.05) is 6.92 Å². The normalized spacial score (nSPS) is 13.4. The van der Waals surface area contributed by atoms with Crippen molar-refractivity contribution in [3.8, 4) is 0 Å². The minimum Gasteiger partial charge on any atom is -0.368 e. The Morgan fingerprint density at radius 3 is 2.71 bits per heavy atom. The summed E-state index contributed by atoms with van der Waals surface area (Å²) in [5.74, 6) is 0.351. The highest BCUT2D eigenvalue weighted by atomic mass is 19.4. The van der Waals surface area contributed by atoms with Crippen LogP contribution in [-0.4, -0.2) is 35.9 Å². The summed E-state index contributed by atoms with van der Waals surface area (Å²) in [4.78, 5) is 4.16. The Hall–Kier alpha value is -2.65. The number of aromatic nitrogens is 6. The maximum Gasteiger partial charge on any atom is 0.453 e. The van der Waals surface area contributed by atoms with Gasteiger partial charge in [0.25, 0.3) is 5.82 Å². The van der Waals surface area contributed by atoms with Crippen molar-refractivity contribution in [2.24, 2.45) is 5.92 Å². The summed E-state index contributed by atoms with van der Waals surface area (Å²) < 4.78 is 41.3. The van der Waals surface area contributed by atoms with Crippen LogP contribution in [0.1, 0.15) is 18.6 Å². The molecule has 1 N–H and O–H groups in total. The lowest BCUT2D eigenvalue weighted by molar-refractivity contribution is -0.146. The van der Waals surface area contributed by atoms with Crippen molar-refractivity contribution in [3.05, 3.63) is 36.2 Å². The maximum absolute atomic E-state index is 12.9. The summed E-state index contributed by atoms with van der Waals surface area (Å²) >= 11 is 0.